The number of benzene rings is 1. The first-order valence-electron chi connectivity index (χ1n) is 4.38. The molecule has 0 radical (unpaired) electrons. The lowest BCUT2D eigenvalue weighted by Gasteiger charge is -2.01. The number of allylic oxidation sites excluding steroid dienone is 1. The second kappa shape index (κ2) is 5.50. The molecule has 0 spiro atoms. The Morgan fingerprint density at radius 3 is 2.81 bits per heavy atom. The molecule has 1 aromatic rings. The lowest BCUT2D eigenvalue weighted by molar-refractivity contribution is -0.737. The predicted molar refractivity (Wildman–Crippen MR) is 54.3 cm³/mol. The molecule has 1 aromatic carbocycles. The molecule has 0 heterocycles. The van der Waals surface area contributed by atoms with Crippen molar-refractivity contribution in [3.05, 3.63) is 57.8 Å². The second-order valence-electron chi connectivity index (χ2n) is 2.87. The fraction of sp³-hybridized carbons (Fsp3) is 0.100. The molecule has 0 aliphatic rings. The fourth-order valence-corrected chi connectivity index (χ4v) is 1.17. The van der Waals surface area contributed by atoms with Crippen molar-refractivity contribution in [3.8, 4) is 0 Å². The largest absolute Gasteiger partial charge is 0.478 e. The van der Waals surface area contributed by atoms with Gasteiger partial charge >= 0.3 is 5.97 Å². The van der Waals surface area contributed by atoms with Crippen molar-refractivity contribution in [2.24, 2.45) is 0 Å². The van der Waals surface area contributed by atoms with E-state index in [0.717, 1.165) is 6.26 Å². The Morgan fingerprint density at radius 2 is 2.19 bits per heavy atom. The van der Waals surface area contributed by atoms with Crippen LogP contribution in [0.3, 0.4) is 0 Å². The first kappa shape index (κ1) is 11.7. The molecule has 84 valence electrons. The third-order valence-corrected chi connectivity index (χ3v) is 1.83. The maximum atomic E-state index is 10.8. The van der Waals surface area contributed by atoms with Gasteiger partial charge in [0.1, 0.15) is 0 Å². The Hall–Kier alpha value is -2.37. The van der Waals surface area contributed by atoms with E-state index >= 15 is 0 Å². The molecule has 0 aliphatic heterocycles. The molecule has 0 atom stereocenters. The van der Waals surface area contributed by atoms with Crippen LogP contribution in [0.5, 0.6) is 0 Å². The summed E-state index contributed by atoms with van der Waals surface area (Å²) < 4.78 is 0. The monoisotopic (exact) mass is 223 g/mol. The summed E-state index contributed by atoms with van der Waals surface area (Å²) in [7, 11) is 0. The van der Waals surface area contributed by atoms with Gasteiger partial charge in [-0.2, -0.15) is 0 Å². The number of hydrogen-bond acceptors (Lipinski definition) is 4. The summed E-state index contributed by atoms with van der Waals surface area (Å²) in [5.74, 6) is -1.03. The second-order valence-corrected chi connectivity index (χ2v) is 2.87. The minimum atomic E-state index is -1.03. The van der Waals surface area contributed by atoms with Gasteiger partial charge in [0.2, 0.25) is 0 Å². The number of aromatic carboxylic acids is 1. The summed E-state index contributed by atoms with van der Waals surface area (Å²) in [6.07, 6.45) is 2.56. The van der Waals surface area contributed by atoms with Crippen LogP contribution in [-0.2, 0) is 11.3 Å². The van der Waals surface area contributed by atoms with E-state index < -0.39 is 11.1 Å². The van der Waals surface area contributed by atoms with E-state index in [9.17, 15) is 14.9 Å². The summed E-state index contributed by atoms with van der Waals surface area (Å²) in [6.45, 7) is 0. The summed E-state index contributed by atoms with van der Waals surface area (Å²) in [4.78, 5) is 24.6. The highest BCUT2D eigenvalue weighted by atomic mass is 16.9. The van der Waals surface area contributed by atoms with Gasteiger partial charge in [-0.1, -0.05) is 24.3 Å². The Balaban J connectivity index is 2.70. The van der Waals surface area contributed by atoms with Gasteiger partial charge in [-0.25, -0.2) is 4.79 Å². The van der Waals surface area contributed by atoms with Crippen molar-refractivity contribution in [1.82, 2.24) is 0 Å². The summed E-state index contributed by atoms with van der Waals surface area (Å²) in [5, 5.41) is 17.7. The molecule has 0 bridgehead atoms. The summed E-state index contributed by atoms with van der Waals surface area (Å²) in [6, 6.07) is 6.42. The molecular weight excluding hydrogens is 214 g/mol. The van der Waals surface area contributed by atoms with Crippen LogP contribution in [0, 0.1) is 10.1 Å². The van der Waals surface area contributed by atoms with Gasteiger partial charge in [0.15, 0.2) is 0 Å². The average molecular weight is 223 g/mol. The number of rotatable bonds is 5. The van der Waals surface area contributed by atoms with E-state index in [-0.39, 0.29) is 12.0 Å². The Bertz CT molecular complexity index is 427. The lowest BCUT2D eigenvalue weighted by Crippen LogP contribution is -2.01. The SMILES string of the molecule is O=C(O)c1ccccc1CC=CO[N+](=O)[O-]. The molecule has 0 aromatic heterocycles. The molecule has 6 nitrogen and oxygen atoms in total. The van der Waals surface area contributed by atoms with Gasteiger partial charge in [0.25, 0.3) is 5.09 Å². The van der Waals surface area contributed by atoms with Crippen molar-refractivity contribution in [3.63, 3.8) is 0 Å². The van der Waals surface area contributed by atoms with E-state index in [1.54, 1.807) is 18.2 Å². The van der Waals surface area contributed by atoms with Crippen LogP contribution in [0.2, 0.25) is 0 Å². The maximum absolute atomic E-state index is 10.8. The molecule has 0 saturated heterocycles. The molecule has 1 N–H and O–H groups in total. The molecule has 0 aliphatic carbocycles. The van der Waals surface area contributed by atoms with Crippen molar-refractivity contribution < 1.29 is 19.8 Å². The quantitative estimate of drug-likeness (QED) is 0.465. The van der Waals surface area contributed by atoms with Crippen molar-refractivity contribution in [2.45, 2.75) is 6.42 Å². The first-order valence-corrected chi connectivity index (χ1v) is 4.38. The molecule has 0 amide bonds. The molecule has 0 unspecified atom stereocenters. The zero-order chi connectivity index (χ0) is 12.0. The standard InChI is InChI=1S/C10H9NO5/c12-10(13)9-6-2-1-4-8(9)5-3-7-16-11(14)15/h1-4,6-7H,5H2,(H,12,13). The van der Waals surface area contributed by atoms with Crippen LogP contribution in [0.15, 0.2) is 36.6 Å². The normalized spacial score (nSPS) is 10.2. The van der Waals surface area contributed by atoms with Crippen LogP contribution in [0.25, 0.3) is 0 Å². The van der Waals surface area contributed by atoms with Crippen molar-refractivity contribution in [2.75, 3.05) is 0 Å². The van der Waals surface area contributed by atoms with Gasteiger partial charge in [-0.15, -0.1) is 10.1 Å². The van der Waals surface area contributed by atoms with E-state index in [0.29, 0.717) is 5.56 Å². The Labute approximate surface area is 90.9 Å². The van der Waals surface area contributed by atoms with Crippen molar-refractivity contribution >= 4 is 5.97 Å². The van der Waals surface area contributed by atoms with Gasteiger partial charge in [0.05, 0.1) is 11.8 Å². The van der Waals surface area contributed by atoms with Crippen LogP contribution >= 0.6 is 0 Å². The van der Waals surface area contributed by atoms with Crippen LogP contribution < -0.4 is 0 Å². The third-order valence-electron chi connectivity index (χ3n) is 1.83. The number of carboxylic acids is 1. The molecular formula is C10H9NO5. The van der Waals surface area contributed by atoms with E-state index in [1.807, 2.05) is 0 Å². The summed E-state index contributed by atoms with van der Waals surface area (Å²) in [5.41, 5.74) is 0.742. The van der Waals surface area contributed by atoms with E-state index in [1.165, 1.54) is 12.1 Å². The molecule has 1 rings (SSSR count). The minimum absolute atomic E-state index is 0.174. The average Bonchev–Trinajstić information content (AvgIpc) is 2.24. The van der Waals surface area contributed by atoms with Crippen LogP contribution in [0.4, 0.5) is 0 Å². The maximum Gasteiger partial charge on any atom is 0.335 e. The van der Waals surface area contributed by atoms with Gasteiger partial charge in [-0.3, -0.25) is 4.84 Å². The number of nitrogens with zero attached hydrogens (tertiary/aromatic N) is 1. The molecule has 0 saturated carbocycles. The highest BCUT2D eigenvalue weighted by Crippen LogP contribution is 2.09. The van der Waals surface area contributed by atoms with Crippen molar-refractivity contribution in [1.29, 1.82) is 0 Å². The van der Waals surface area contributed by atoms with Crippen LogP contribution in [0.1, 0.15) is 15.9 Å². The smallest absolute Gasteiger partial charge is 0.335 e. The number of carbonyl (C=O) groups is 1. The van der Waals surface area contributed by atoms with Gasteiger partial charge in [0, 0.05) is 0 Å². The lowest BCUT2D eigenvalue weighted by atomic mass is 10.1. The topological polar surface area (TPSA) is 89.7 Å². The fourth-order valence-electron chi connectivity index (χ4n) is 1.17. The van der Waals surface area contributed by atoms with Gasteiger partial charge < -0.3 is 5.11 Å². The summed E-state index contributed by atoms with van der Waals surface area (Å²) >= 11 is 0. The highest BCUT2D eigenvalue weighted by molar-refractivity contribution is 5.89. The predicted octanol–water partition coefficient (Wildman–Crippen LogP) is 1.65. The van der Waals surface area contributed by atoms with E-state index in [4.69, 9.17) is 5.11 Å². The minimum Gasteiger partial charge on any atom is -0.478 e. The highest BCUT2D eigenvalue weighted by Gasteiger charge is 2.06. The molecule has 16 heavy (non-hydrogen) atoms. The van der Waals surface area contributed by atoms with Gasteiger partial charge in [-0.05, 0) is 18.1 Å². The van der Waals surface area contributed by atoms with E-state index in [2.05, 4.69) is 4.84 Å². The molecule has 6 heteroatoms. The Morgan fingerprint density at radius 1 is 1.50 bits per heavy atom. The zero-order valence-corrected chi connectivity index (χ0v) is 8.20. The van der Waals surface area contributed by atoms with Crippen LogP contribution in [-0.4, -0.2) is 16.2 Å². The number of hydrogen-bond donors (Lipinski definition) is 1. The first-order chi connectivity index (χ1) is 7.61. The zero-order valence-electron chi connectivity index (χ0n) is 8.20. The number of carboxylic acid groups (broad SMARTS) is 1. The Kier molecular flexibility index (Phi) is 4.02. The molecule has 0 fully saturated rings. The third kappa shape index (κ3) is 3.41.